The van der Waals surface area contributed by atoms with Gasteiger partial charge in [-0.2, -0.15) is 11.3 Å². The Bertz CT molecular complexity index is 345. The Kier molecular flexibility index (Phi) is 3.58. The highest BCUT2D eigenvalue weighted by molar-refractivity contribution is 7.07. The molecule has 0 radical (unpaired) electrons. The van der Waals surface area contributed by atoms with Crippen molar-refractivity contribution in [2.75, 3.05) is 19.8 Å². The van der Waals surface area contributed by atoms with Crippen LogP contribution >= 0.6 is 11.3 Å². The van der Waals surface area contributed by atoms with Crippen LogP contribution in [0.4, 0.5) is 0 Å². The lowest BCUT2D eigenvalue weighted by Crippen LogP contribution is -2.54. The molecule has 0 spiro atoms. The Labute approximate surface area is 98.8 Å². The minimum Gasteiger partial charge on any atom is -0.379 e. The summed E-state index contributed by atoms with van der Waals surface area (Å²) in [5.41, 5.74) is 6.37. The minimum atomic E-state index is -0.811. The van der Waals surface area contributed by atoms with Crippen molar-refractivity contribution in [3.8, 4) is 0 Å². The summed E-state index contributed by atoms with van der Waals surface area (Å²) in [5.74, 6) is -0.0970. The molecule has 1 unspecified atom stereocenters. The molecule has 1 fully saturated rings. The predicted octanol–water partition coefficient (Wildman–Crippen LogP) is 0.525. The van der Waals surface area contributed by atoms with Crippen molar-refractivity contribution in [1.82, 2.24) is 5.32 Å². The fourth-order valence-electron chi connectivity index (χ4n) is 1.69. The molecule has 5 heteroatoms. The lowest BCUT2D eigenvalue weighted by Gasteiger charge is -2.20. The van der Waals surface area contributed by atoms with E-state index in [1.165, 1.54) is 5.56 Å². The minimum absolute atomic E-state index is 0.0970. The average molecular weight is 240 g/mol. The van der Waals surface area contributed by atoms with E-state index in [0.29, 0.717) is 26.2 Å². The zero-order chi connectivity index (χ0) is 11.4. The molecule has 88 valence electrons. The number of ether oxygens (including phenoxy) is 1. The van der Waals surface area contributed by atoms with E-state index in [-0.39, 0.29) is 5.91 Å². The van der Waals surface area contributed by atoms with Crippen molar-refractivity contribution in [3.05, 3.63) is 22.4 Å². The van der Waals surface area contributed by atoms with E-state index in [9.17, 15) is 4.79 Å². The van der Waals surface area contributed by atoms with Crippen LogP contribution in [0.3, 0.4) is 0 Å². The molecular formula is C11H16N2O2S. The summed E-state index contributed by atoms with van der Waals surface area (Å²) in [5, 5.41) is 6.98. The van der Waals surface area contributed by atoms with E-state index in [1.54, 1.807) is 11.3 Å². The van der Waals surface area contributed by atoms with Crippen LogP contribution in [0.15, 0.2) is 16.8 Å². The number of amides is 1. The van der Waals surface area contributed by atoms with Crippen molar-refractivity contribution in [2.45, 2.75) is 18.4 Å². The molecule has 3 N–H and O–H groups in total. The molecular weight excluding hydrogens is 224 g/mol. The van der Waals surface area contributed by atoms with Crippen molar-refractivity contribution >= 4 is 17.2 Å². The number of hydrogen-bond acceptors (Lipinski definition) is 4. The number of nitrogens with two attached hydrogens (primary N) is 1. The third-order valence-corrected chi connectivity index (χ3v) is 3.52. The maximum atomic E-state index is 11.8. The third kappa shape index (κ3) is 2.61. The molecule has 1 aliphatic rings. The van der Waals surface area contributed by atoms with Gasteiger partial charge in [-0.1, -0.05) is 0 Å². The van der Waals surface area contributed by atoms with Gasteiger partial charge in [-0.15, -0.1) is 0 Å². The number of carbonyl (C=O) groups excluding carboxylic acids is 1. The second kappa shape index (κ2) is 4.95. The molecule has 0 saturated carbocycles. The van der Waals surface area contributed by atoms with E-state index in [4.69, 9.17) is 10.5 Å². The molecule has 0 aliphatic carbocycles. The third-order valence-electron chi connectivity index (χ3n) is 2.78. The fourth-order valence-corrected chi connectivity index (χ4v) is 2.39. The first-order valence-electron chi connectivity index (χ1n) is 5.37. The van der Waals surface area contributed by atoms with Crippen LogP contribution in [0, 0.1) is 0 Å². The van der Waals surface area contributed by atoms with Gasteiger partial charge in [0.15, 0.2) is 0 Å². The summed E-state index contributed by atoms with van der Waals surface area (Å²) < 4.78 is 5.15. The molecule has 4 nitrogen and oxygen atoms in total. The number of nitrogens with one attached hydrogen (secondary N) is 1. The van der Waals surface area contributed by atoms with E-state index >= 15 is 0 Å². The summed E-state index contributed by atoms with van der Waals surface area (Å²) >= 11 is 1.67. The van der Waals surface area contributed by atoms with Gasteiger partial charge in [0.2, 0.25) is 5.91 Å². The smallest absolute Gasteiger partial charge is 0.242 e. The highest BCUT2D eigenvalue weighted by Crippen LogP contribution is 2.15. The van der Waals surface area contributed by atoms with Gasteiger partial charge < -0.3 is 15.8 Å². The molecule has 1 amide bonds. The first-order valence-corrected chi connectivity index (χ1v) is 6.31. The summed E-state index contributed by atoms with van der Waals surface area (Å²) in [7, 11) is 0. The first-order chi connectivity index (χ1) is 7.71. The molecule has 1 atom stereocenters. The lowest BCUT2D eigenvalue weighted by atomic mass is 9.99. The van der Waals surface area contributed by atoms with E-state index < -0.39 is 5.54 Å². The largest absolute Gasteiger partial charge is 0.379 e. The molecule has 2 heterocycles. The summed E-state index contributed by atoms with van der Waals surface area (Å²) in [6.45, 7) is 1.54. The SMILES string of the molecule is NC1(C(=O)NCCc2ccsc2)CCOC1. The van der Waals surface area contributed by atoms with Crippen molar-refractivity contribution in [2.24, 2.45) is 5.73 Å². The molecule has 1 aromatic rings. The Balaban J connectivity index is 1.75. The van der Waals surface area contributed by atoms with Gasteiger partial charge in [0.05, 0.1) is 6.61 Å². The second-order valence-electron chi connectivity index (χ2n) is 4.10. The maximum Gasteiger partial charge on any atom is 0.242 e. The van der Waals surface area contributed by atoms with Gasteiger partial charge in [-0.3, -0.25) is 4.79 Å². The number of carbonyl (C=O) groups is 1. The average Bonchev–Trinajstić information content (AvgIpc) is 2.90. The normalized spacial score (nSPS) is 24.6. The molecule has 1 saturated heterocycles. The topological polar surface area (TPSA) is 64.4 Å². The van der Waals surface area contributed by atoms with Crippen molar-refractivity contribution < 1.29 is 9.53 Å². The van der Waals surface area contributed by atoms with Crippen LogP contribution in [-0.2, 0) is 16.0 Å². The number of rotatable bonds is 4. The Morgan fingerprint density at radius 2 is 2.56 bits per heavy atom. The van der Waals surface area contributed by atoms with Gasteiger partial charge in [0.25, 0.3) is 0 Å². The van der Waals surface area contributed by atoms with Crippen LogP contribution in [-0.4, -0.2) is 31.2 Å². The fraction of sp³-hybridized carbons (Fsp3) is 0.545. The summed E-state index contributed by atoms with van der Waals surface area (Å²) in [6, 6.07) is 2.06. The van der Waals surface area contributed by atoms with Gasteiger partial charge in [0, 0.05) is 13.2 Å². The number of hydrogen-bond donors (Lipinski definition) is 2. The second-order valence-corrected chi connectivity index (χ2v) is 4.88. The van der Waals surface area contributed by atoms with E-state index in [0.717, 1.165) is 6.42 Å². The molecule has 2 rings (SSSR count). The van der Waals surface area contributed by atoms with Crippen LogP contribution in [0.25, 0.3) is 0 Å². The molecule has 1 aliphatic heterocycles. The summed E-state index contributed by atoms with van der Waals surface area (Å²) in [6.07, 6.45) is 1.46. The first kappa shape index (κ1) is 11.6. The highest BCUT2D eigenvalue weighted by Gasteiger charge is 2.37. The van der Waals surface area contributed by atoms with Gasteiger partial charge in [-0.05, 0) is 35.2 Å². The molecule has 0 aromatic carbocycles. The highest BCUT2D eigenvalue weighted by atomic mass is 32.1. The maximum absolute atomic E-state index is 11.8. The lowest BCUT2D eigenvalue weighted by molar-refractivity contribution is -0.126. The van der Waals surface area contributed by atoms with Gasteiger partial charge in [-0.25, -0.2) is 0 Å². The molecule has 1 aromatic heterocycles. The van der Waals surface area contributed by atoms with Gasteiger partial charge in [0.1, 0.15) is 5.54 Å². The van der Waals surface area contributed by atoms with Crippen LogP contribution in [0.5, 0.6) is 0 Å². The monoisotopic (exact) mass is 240 g/mol. The molecule has 16 heavy (non-hydrogen) atoms. The zero-order valence-electron chi connectivity index (χ0n) is 9.07. The number of thiophene rings is 1. The Morgan fingerprint density at radius 3 is 3.19 bits per heavy atom. The van der Waals surface area contributed by atoms with Crippen molar-refractivity contribution in [1.29, 1.82) is 0 Å². The van der Waals surface area contributed by atoms with Crippen LogP contribution in [0.2, 0.25) is 0 Å². The van der Waals surface area contributed by atoms with Crippen molar-refractivity contribution in [3.63, 3.8) is 0 Å². The Morgan fingerprint density at radius 1 is 1.69 bits per heavy atom. The Hall–Kier alpha value is -0.910. The predicted molar refractivity (Wildman–Crippen MR) is 63.4 cm³/mol. The van der Waals surface area contributed by atoms with Crippen LogP contribution in [0.1, 0.15) is 12.0 Å². The van der Waals surface area contributed by atoms with E-state index in [1.807, 2.05) is 5.38 Å². The van der Waals surface area contributed by atoms with E-state index in [2.05, 4.69) is 16.8 Å². The molecule has 0 bridgehead atoms. The zero-order valence-corrected chi connectivity index (χ0v) is 9.89. The standard InChI is InChI=1S/C11H16N2O2S/c12-11(3-5-15-8-11)10(14)13-4-1-9-2-6-16-7-9/h2,6-7H,1,3-5,8,12H2,(H,13,14). The van der Waals surface area contributed by atoms with Crippen LogP contribution < -0.4 is 11.1 Å². The quantitative estimate of drug-likeness (QED) is 0.806. The van der Waals surface area contributed by atoms with Gasteiger partial charge >= 0.3 is 0 Å². The summed E-state index contributed by atoms with van der Waals surface area (Å²) in [4.78, 5) is 11.8.